The van der Waals surface area contributed by atoms with Crippen molar-refractivity contribution < 1.29 is 9.59 Å². The van der Waals surface area contributed by atoms with Crippen LogP contribution in [0.4, 0.5) is 5.69 Å². The first-order valence-electron chi connectivity index (χ1n) is 8.57. The zero-order chi connectivity index (χ0) is 21.0. The highest BCUT2D eigenvalue weighted by atomic mass is 79.9. The molecule has 0 radical (unpaired) electrons. The van der Waals surface area contributed by atoms with Crippen molar-refractivity contribution in [2.75, 3.05) is 11.9 Å². The van der Waals surface area contributed by atoms with Gasteiger partial charge in [-0.05, 0) is 67.2 Å². The van der Waals surface area contributed by atoms with Gasteiger partial charge < -0.3 is 10.6 Å². The fraction of sp³-hybridized carbons (Fsp3) is 0.158. The molecule has 7 nitrogen and oxygen atoms in total. The van der Waals surface area contributed by atoms with E-state index in [1.807, 2.05) is 19.1 Å². The summed E-state index contributed by atoms with van der Waals surface area (Å²) in [6.07, 6.45) is 0. The molecule has 2 aromatic carbocycles. The van der Waals surface area contributed by atoms with Gasteiger partial charge in [0.2, 0.25) is 11.8 Å². The van der Waals surface area contributed by atoms with E-state index in [2.05, 4.69) is 36.8 Å². The van der Waals surface area contributed by atoms with Gasteiger partial charge in [-0.15, -0.1) is 0 Å². The molecule has 0 unspecified atom stereocenters. The molecule has 3 aromatic rings. The minimum atomic E-state index is -0.361. The van der Waals surface area contributed by atoms with Crippen molar-refractivity contribution in [2.45, 2.75) is 13.5 Å². The number of nitrogens with one attached hydrogen (secondary N) is 3. The summed E-state index contributed by atoms with van der Waals surface area (Å²) in [5.41, 5.74) is 2.36. The normalized spacial score (nSPS) is 10.6. The Kier molecular flexibility index (Phi) is 6.83. The lowest BCUT2D eigenvalue weighted by molar-refractivity contribution is -0.124. The lowest BCUT2D eigenvalue weighted by Gasteiger charge is -2.10. The van der Waals surface area contributed by atoms with Crippen molar-refractivity contribution in [1.82, 2.24) is 20.1 Å². The summed E-state index contributed by atoms with van der Waals surface area (Å²) in [6.45, 7) is 1.66. The van der Waals surface area contributed by atoms with Crippen LogP contribution in [0.2, 0.25) is 5.02 Å². The van der Waals surface area contributed by atoms with E-state index >= 15 is 0 Å². The largest absolute Gasteiger partial charge is 0.345 e. The third-order valence-electron chi connectivity index (χ3n) is 4.07. The molecule has 0 bridgehead atoms. The molecule has 2 amide bonds. The van der Waals surface area contributed by atoms with E-state index in [0.29, 0.717) is 21.3 Å². The van der Waals surface area contributed by atoms with Crippen LogP contribution in [0.3, 0.4) is 0 Å². The number of carbonyl (C=O) groups is 2. The Bertz CT molecular complexity index is 1110. The predicted octanol–water partition coefficient (Wildman–Crippen LogP) is 4.09. The van der Waals surface area contributed by atoms with E-state index in [4.69, 9.17) is 23.8 Å². The van der Waals surface area contributed by atoms with Gasteiger partial charge in [0.25, 0.3) is 0 Å². The molecule has 0 saturated carbocycles. The molecule has 0 atom stereocenters. The van der Waals surface area contributed by atoms with Crippen molar-refractivity contribution in [1.29, 1.82) is 0 Å². The number of halogens is 2. The van der Waals surface area contributed by atoms with Gasteiger partial charge in [-0.1, -0.05) is 27.5 Å². The highest BCUT2D eigenvalue weighted by Crippen LogP contribution is 2.21. The Morgan fingerprint density at radius 2 is 1.93 bits per heavy atom. The summed E-state index contributed by atoms with van der Waals surface area (Å²) in [5.74, 6) is -0.172. The quantitative estimate of drug-likeness (QED) is 0.450. The number of carbonyl (C=O) groups excluding carboxylic acids is 2. The molecule has 0 saturated heterocycles. The number of aryl methyl sites for hydroxylation is 1. The van der Waals surface area contributed by atoms with Gasteiger partial charge in [0.15, 0.2) is 10.6 Å². The minimum absolute atomic E-state index is 0.0715. The number of anilines is 1. The third-order valence-corrected chi connectivity index (χ3v) is 5.13. The molecule has 0 aliphatic carbocycles. The smallest absolute Gasteiger partial charge is 0.243 e. The zero-order valence-corrected chi connectivity index (χ0v) is 18.5. The van der Waals surface area contributed by atoms with E-state index in [0.717, 1.165) is 15.6 Å². The standard InChI is InChI=1S/C19H17BrClN5O2S/c1-11-8-13(20)4-7-15(11)23-16(27)9-22-17(28)10-26-18(24-25-19(26)29)12-2-5-14(21)6-3-12/h2-8H,9-10H2,1H3,(H,22,28)(H,23,27)(H,25,29). The fourth-order valence-corrected chi connectivity index (χ4v) is 3.42. The van der Waals surface area contributed by atoms with Crippen molar-refractivity contribution in [3.63, 3.8) is 0 Å². The predicted molar refractivity (Wildman–Crippen MR) is 118 cm³/mol. The van der Waals surface area contributed by atoms with Crippen LogP contribution in [0, 0.1) is 11.7 Å². The van der Waals surface area contributed by atoms with Crippen LogP contribution in [-0.4, -0.2) is 33.1 Å². The van der Waals surface area contributed by atoms with Crippen LogP contribution in [0.1, 0.15) is 5.56 Å². The van der Waals surface area contributed by atoms with Crippen molar-refractivity contribution in [3.8, 4) is 11.4 Å². The molecule has 0 spiro atoms. The first-order chi connectivity index (χ1) is 13.8. The molecule has 0 fully saturated rings. The fourth-order valence-electron chi connectivity index (χ4n) is 2.62. The molecule has 0 aliphatic heterocycles. The first-order valence-corrected chi connectivity index (χ1v) is 10.2. The third kappa shape index (κ3) is 5.53. The number of nitrogens with zero attached hydrogens (tertiary/aromatic N) is 2. The highest BCUT2D eigenvalue weighted by molar-refractivity contribution is 9.10. The van der Waals surface area contributed by atoms with Crippen LogP contribution < -0.4 is 10.6 Å². The summed E-state index contributed by atoms with van der Waals surface area (Å²) in [6, 6.07) is 12.6. The number of aromatic nitrogens is 3. The monoisotopic (exact) mass is 493 g/mol. The van der Waals surface area contributed by atoms with Crippen LogP contribution in [0.25, 0.3) is 11.4 Å². The number of aromatic amines is 1. The molecule has 29 heavy (non-hydrogen) atoms. The molecule has 1 heterocycles. The summed E-state index contributed by atoms with van der Waals surface area (Å²) < 4.78 is 2.79. The SMILES string of the molecule is Cc1cc(Br)ccc1NC(=O)CNC(=O)Cn1c(-c2ccc(Cl)cc2)n[nH]c1=S. The van der Waals surface area contributed by atoms with Crippen LogP contribution in [0.5, 0.6) is 0 Å². The van der Waals surface area contributed by atoms with E-state index < -0.39 is 0 Å². The highest BCUT2D eigenvalue weighted by Gasteiger charge is 2.13. The summed E-state index contributed by atoms with van der Waals surface area (Å²) in [7, 11) is 0. The Morgan fingerprint density at radius 1 is 1.21 bits per heavy atom. The second-order valence-corrected chi connectivity index (χ2v) is 7.97. The molecule has 3 rings (SSSR count). The molecular weight excluding hydrogens is 478 g/mol. The van der Waals surface area contributed by atoms with Gasteiger partial charge in [0, 0.05) is 20.7 Å². The maximum Gasteiger partial charge on any atom is 0.243 e. The molecule has 150 valence electrons. The molecule has 0 aliphatic rings. The van der Waals surface area contributed by atoms with Gasteiger partial charge in [-0.3, -0.25) is 19.3 Å². The minimum Gasteiger partial charge on any atom is -0.345 e. The van der Waals surface area contributed by atoms with Crippen molar-refractivity contribution >= 4 is 57.3 Å². The maximum absolute atomic E-state index is 12.3. The van der Waals surface area contributed by atoms with E-state index in [-0.39, 0.29) is 24.9 Å². The lowest BCUT2D eigenvalue weighted by Crippen LogP contribution is -2.35. The number of amides is 2. The average molecular weight is 495 g/mol. The zero-order valence-electron chi connectivity index (χ0n) is 15.3. The Hall–Kier alpha value is -2.49. The lowest BCUT2D eigenvalue weighted by atomic mass is 10.2. The van der Waals surface area contributed by atoms with Crippen LogP contribution >= 0.6 is 39.7 Å². The summed E-state index contributed by atoms with van der Waals surface area (Å²) in [4.78, 5) is 24.5. The summed E-state index contributed by atoms with van der Waals surface area (Å²) in [5, 5.41) is 12.8. The van der Waals surface area contributed by atoms with E-state index in [1.165, 1.54) is 0 Å². The van der Waals surface area contributed by atoms with Gasteiger partial charge in [-0.25, -0.2) is 0 Å². The Balaban J connectivity index is 1.61. The number of hydrogen-bond donors (Lipinski definition) is 3. The number of rotatable bonds is 6. The maximum atomic E-state index is 12.3. The molecule has 10 heteroatoms. The van der Waals surface area contributed by atoms with Crippen LogP contribution in [-0.2, 0) is 16.1 Å². The van der Waals surface area contributed by atoms with Gasteiger partial charge >= 0.3 is 0 Å². The topological polar surface area (TPSA) is 91.8 Å². The molecular formula is C19H17BrClN5O2S. The average Bonchev–Trinajstić information content (AvgIpc) is 3.03. The number of hydrogen-bond acceptors (Lipinski definition) is 4. The second kappa shape index (κ2) is 9.34. The van der Waals surface area contributed by atoms with Gasteiger partial charge in [-0.2, -0.15) is 5.10 Å². The number of H-pyrrole nitrogens is 1. The van der Waals surface area contributed by atoms with E-state index in [9.17, 15) is 9.59 Å². The summed E-state index contributed by atoms with van der Waals surface area (Å²) >= 11 is 14.5. The first kappa shape index (κ1) is 21.2. The second-order valence-electron chi connectivity index (χ2n) is 6.23. The number of benzene rings is 2. The van der Waals surface area contributed by atoms with Crippen molar-refractivity contribution in [3.05, 3.63) is 62.3 Å². The van der Waals surface area contributed by atoms with E-state index in [1.54, 1.807) is 34.9 Å². The van der Waals surface area contributed by atoms with Crippen LogP contribution in [0.15, 0.2) is 46.9 Å². The molecule has 3 N–H and O–H groups in total. The van der Waals surface area contributed by atoms with Gasteiger partial charge in [0.1, 0.15) is 6.54 Å². The Morgan fingerprint density at radius 3 is 2.62 bits per heavy atom. The van der Waals surface area contributed by atoms with Crippen molar-refractivity contribution in [2.24, 2.45) is 0 Å². The molecule has 1 aromatic heterocycles. The van der Waals surface area contributed by atoms with Gasteiger partial charge in [0.05, 0.1) is 6.54 Å². The Labute approximate surface area is 185 Å².